The van der Waals surface area contributed by atoms with Gasteiger partial charge >= 0.3 is 0 Å². The normalized spacial score (nSPS) is 11.8. The molecule has 0 aliphatic heterocycles. The first-order valence-corrected chi connectivity index (χ1v) is 5.76. The summed E-state index contributed by atoms with van der Waals surface area (Å²) in [7, 11) is 1.75. The zero-order valence-electron chi connectivity index (χ0n) is 11.1. The van der Waals surface area contributed by atoms with Gasteiger partial charge in [-0.1, -0.05) is 23.8 Å². The van der Waals surface area contributed by atoms with Gasteiger partial charge in [0.2, 0.25) is 0 Å². The van der Waals surface area contributed by atoms with Crippen molar-refractivity contribution in [2.75, 3.05) is 13.7 Å². The Morgan fingerprint density at radius 2 is 1.94 bits per heavy atom. The molecule has 2 heteroatoms. The number of rotatable bonds is 5. The molecular formula is C14H23NO. The molecule has 0 aliphatic rings. The van der Waals surface area contributed by atoms with Gasteiger partial charge in [0.15, 0.2) is 0 Å². The number of aryl methyl sites for hydroxylation is 2. The number of nitrogens with one attached hydrogen (secondary N) is 1. The summed E-state index contributed by atoms with van der Waals surface area (Å²) in [5.74, 6) is 0. The van der Waals surface area contributed by atoms with E-state index in [4.69, 9.17) is 4.74 Å². The van der Waals surface area contributed by atoms with Crippen molar-refractivity contribution >= 4 is 0 Å². The molecule has 1 N–H and O–H groups in total. The van der Waals surface area contributed by atoms with Crippen molar-refractivity contribution in [2.24, 2.45) is 0 Å². The predicted molar refractivity (Wildman–Crippen MR) is 68.7 cm³/mol. The molecule has 2 nitrogen and oxygen atoms in total. The second-order valence-corrected chi connectivity index (χ2v) is 5.00. The Morgan fingerprint density at radius 3 is 2.56 bits per heavy atom. The van der Waals surface area contributed by atoms with Gasteiger partial charge in [-0.25, -0.2) is 0 Å². The maximum atomic E-state index is 5.37. The van der Waals surface area contributed by atoms with E-state index in [0.29, 0.717) is 0 Å². The Hall–Kier alpha value is -0.860. The third-order valence-corrected chi connectivity index (χ3v) is 2.92. The maximum Gasteiger partial charge on any atom is 0.0746 e. The number of benzene rings is 1. The van der Waals surface area contributed by atoms with E-state index < -0.39 is 0 Å². The molecule has 1 aromatic rings. The highest BCUT2D eigenvalue weighted by atomic mass is 16.5. The summed E-state index contributed by atoms with van der Waals surface area (Å²) in [5.41, 5.74) is 3.92. The standard InChI is InChI=1S/C14H23NO/c1-11-6-7-12(2)13(8-11)9-15-10-14(3,4)16-5/h6-8,15H,9-10H2,1-5H3. The van der Waals surface area contributed by atoms with Crippen molar-refractivity contribution < 1.29 is 4.74 Å². The third-order valence-electron chi connectivity index (χ3n) is 2.92. The van der Waals surface area contributed by atoms with Crippen molar-refractivity contribution in [3.05, 3.63) is 34.9 Å². The van der Waals surface area contributed by atoms with Crippen LogP contribution in [-0.2, 0) is 11.3 Å². The molecule has 0 unspecified atom stereocenters. The highest BCUT2D eigenvalue weighted by Crippen LogP contribution is 2.11. The molecule has 0 amide bonds. The molecule has 0 saturated heterocycles. The van der Waals surface area contributed by atoms with Crippen molar-refractivity contribution in [1.29, 1.82) is 0 Å². The maximum absolute atomic E-state index is 5.37. The minimum atomic E-state index is -0.0995. The van der Waals surface area contributed by atoms with Crippen LogP contribution < -0.4 is 5.32 Å². The first kappa shape index (κ1) is 13.2. The van der Waals surface area contributed by atoms with Crippen molar-refractivity contribution in [2.45, 2.75) is 39.8 Å². The van der Waals surface area contributed by atoms with Gasteiger partial charge in [0.1, 0.15) is 0 Å². The molecule has 0 spiro atoms. The lowest BCUT2D eigenvalue weighted by molar-refractivity contribution is 0.0230. The lowest BCUT2D eigenvalue weighted by atomic mass is 10.1. The smallest absolute Gasteiger partial charge is 0.0746 e. The van der Waals surface area contributed by atoms with Gasteiger partial charge in [-0.3, -0.25) is 0 Å². The topological polar surface area (TPSA) is 21.3 Å². The van der Waals surface area contributed by atoms with Crippen LogP contribution in [0, 0.1) is 13.8 Å². The fourth-order valence-corrected chi connectivity index (χ4v) is 1.56. The second-order valence-electron chi connectivity index (χ2n) is 5.00. The van der Waals surface area contributed by atoms with E-state index in [2.05, 4.69) is 51.2 Å². The van der Waals surface area contributed by atoms with Crippen LogP contribution in [0.3, 0.4) is 0 Å². The van der Waals surface area contributed by atoms with Gasteiger partial charge < -0.3 is 10.1 Å². The minimum Gasteiger partial charge on any atom is -0.377 e. The molecule has 90 valence electrons. The van der Waals surface area contributed by atoms with Gasteiger partial charge in [0.05, 0.1) is 5.60 Å². The summed E-state index contributed by atoms with van der Waals surface area (Å²) < 4.78 is 5.37. The van der Waals surface area contributed by atoms with Crippen LogP contribution in [0.15, 0.2) is 18.2 Å². The Labute approximate surface area is 99.0 Å². The van der Waals surface area contributed by atoms with Crippen LogP contribution in [0.5, 0.6) is 0 Å². The van der Waals surface area contributed by atoms with E-state index in [0.717, 1.165) is 13.1 Å². The second kappa shape index (κ2) is 5.46. The average Bonchev–Trinajstić information content (AvgIpc) is 2.23. The van der Waals surface area contributed by atoms with Crippen LogP contribution in [0.4, 0.5) is 0 Å². The summed E-state index contributed by atoms with van der Waals surface area (Å²) in [4.78, 5) is 0. The van der Waals surface area contributed by atoms with Crippen molar-refractivity contribution in [3.8, 4) is 0 Å². The monoisotopic (exact) mass is 221 g/mol. The molecule has 0 saturated carbocycles. The zero-order chi connectivity index (χ0) is 12.2. The summed E-state index contributed by atoms with van der Waals surface area (Å²) in [6.07, 6.45) is 0. The van der Waals surface area contributed by atoms with Crippen molar-refractivity contribution in [1.82, 2.24) is 5.32 Å². The fraction of sp³-hybridized carbons (Fsp3) is 0.571. The van der Waals surface area contributed by atoms with Crippen LogP contribution in [-0.4, -0.2) is 19.3 Å². The van der Waals surface area contributed by atoms with Crippen molar-refractivity contribution in [3.63, 3.8) is 0 Å². The van der Waals surface area contributed by atoms with E-state index in [1.165, 1.54) is 16.7 Å². The summed E-state index contributed by atoms with van der Waals surface area (Å²) in [6, 6.07) is 6.56. The lowest BCUT2D eigenvalue weighted by Gasteiger charge is -2.23. The highest BCUT2D eigenvalue weighted by molar-refractivity contribution is 5.30. The first-order chi connectivity index (χ1) is 7.44. The van der Waals surface area contributed by atoms with E-state index in [1.807, 2.05) is 0 Å². The average molecular weight is 221 g/mol. The fourth-order valence-electron chi connectivity index (χ4n) is 1.56. The van der Waals surface area contributed by atoms with Gasteiger partial charge in [0, 0.05) is 20.2 Å². The van der Waals surface area contributed by atoms with Crippen LogP contribution in [0.2, 0.25) is 0 Å². The molecule has 1 aromatic carbocycles. The Balaban J connectivity index is 2.52. The molecule has 1 rings (SSSR count). The van der Waals surface area contributed by atoms with Crippen LogP contribution in [0.1, 0.15) is 30.5 Å². The predicted octanol–water partition coefficient (Wildman–Crippen LogP) is 2.82. The van der Waals surface area contributed by atoms with Gasteiger partial charge in [-0.2, -0.15) is 0 Å². The number of methoxy groups -OCH3 is 1. The molecule has 0 aliphatic carbocycles. The van der Waals surface area contributed by atoms with Gasteiger partial charge in [-0.05, 0) is 38.8 Å². The first-order valence-electron chi connectivity index (χ1n) is 5.76. The van der Waals surface area contributed by atoms with E-state index in [-0.39, 0.29) is 5.60 Å². The molecule has 0 aromatic heterocycles. The molecular weight excluding hydrogens is 198 g/mol. The Morgan fingerprint density at radius 1 is 1.25 bits per heavy atom. The summed E-state index contributed by atoms with van der Waals surface area (Å²) in [5, 5.41) is 3.44. The minimum absolute atomic E-state index is 0.0995. The summed E-state index contributed by atoms with van der Waals surface area (Å²) in [6.45, 7) is 10.2. The Kier molecular flexibility index (Phi) is 4.51. The van der Waals surface area contributed by atoms with Crippen LogP contribution >= 0.6 is 0 Å². The molecule has 0 fully saturated rings. The molecule has 0 heterocycles. The van der Waals surface area contributed by atoms with E-state index >= 15 is 0 Å². The highest BCUT2D eigenvalue weighted by Gasteiger charge is 2.15. The van der Waals surface area contributed by atoms with Gasteiger partial charge in [-0.15, -0.1) is 0 Å². The SMILES string of the molecule is COC(C)(C)CNCc1cc(C)ccc1C. The van der Waals surface area contributed by atoms with E-state index in [1.54, 1.807) is 7.11 Å². The third kappa shape index (κ3) is 3.95. The molecule has 16 heavy (non-hydrogen) atoms. The Bertz CT molecular complexity index is 345. The largest absolute Gasteiger partial charge is 0.377 e. The zero-order valence-corrected chi connectivity index (χ0v) is 11.1. The number of ether oxygens (including phenoxy) is 1. The van der Waals surface area contributed by atoms with Gasteiger partial charge in [0.25, 0.3) is 0 Å². The lowest BCUT2D eigenvalue weighted by Crippen LogP contribution is -2.36. The quantitative estimate of drug-likeness (QED) is 0.825. The molecule has 0 radical (unpaired) electrons. The molecule has 0 atom stereocenters. The molecule has 0 bridgehead atoms. The van der Waals surface area contributed by atoms with E-state index in [9.17, 15) is 0 Å². The number of hydrogen-bond acceptors (Lipinski definition) is 2. The van der Waals surface area contributed by atoms with Crippen LogP contribution in [0.25, 0.3) is 0 Å². The summed E-state index contributed by atoms with van der Waals surface area (Å²) >= 11 is 0. The number of hydrogen-bond donors (Lipinski definition) is 1.